The molecule has 1 amide bonds. The van der Waals surface area contributed by atoms with Gasteiger partial charge in [0.25, 0.3) is 0 Å². The van der Waals surface area contributed by atoms with Gasteiger partial charge in [0, 0.05) is 5.92 Å². The average molecular weight is 255 g/mol. The zero-order valence-electron chi connectivity index (χ0n) is 12.3. The van der Waals surface area contributed by atoms with Gasteiger partial charge in [-0.3, -0.25) is 4.79 Å². The summed E-state index contributed by atoms with van der Waals surface area (Å²) in [6, 6.07) is -0.472. The van der Waals surface area contributed by atoms with Gasteiger partial charge in [-0.15, -0.1) is 0 Å². The normalized spacial score (nSPS) is 18.1. The van der Waals surface area contributed by atoms with Gasteiger partial charge in [-0.25, -0.2) is 4.79 Å². The maximum atomic E-state index is 12.2. The van der Waals surface area contributed by atoms with Crippen molar-refractivity contribution in [1.82, 2.24) is 5.32 Å². The average Bonchev–Trinajstić information content (AvgIpc) is 2.90. The Morgan fingerprint density at radius 1 is 1.11 bits per heavy atom. The van der Waals surface area contributed by atoms with E-state index in [-0.39, 0.29) is 17.1 Å². The number of nitrogens with one attached hydrogen (secondary N) is 1. The predicted octanol–water partition coefficient (Wildman–Crippen LogP) is 2.90. The van der Waals surface area contributed by atoms with Crippen molar-refractivity contribution < 1.29 is 14.3 Å². The van der Waals surface area contributed by atoms with Crippen LogP contribution in [0.3, 0.4) is 0 Å². The Labute approximate surface area is 109 Å². The van der Waals surface area contributed by atoms with Crippen LogP contribution in [0.25, 0.3) is 0 Å². The van der Waals surface area contributed by atoms with Crippen LogP contribution in [0.2, 0.25) is 0 Å². The van der Waals surface area contributed by atoms with Gasteiger partial charge in [0.15, 0.2) is 5.78 Å². The molecule has 104 valence electrons. The lowest BCUT2D eigenvalue weighted by molar-refractivity contribution is -0.124. The molecule has 1 atom stereocenters. The lowest BCUT2D eigenvalue weighted by Crippen LogP contribution is -2.51. The second kappa shape index (κ2) is 4.90. The first-order chi connectivity index (χ1) is 8.00. The molecule has 0 bridgehead atoms. The van der Waals surface area contributed by atoms with Gasteiger partial charge in [-0.2, -0.15) is 0 Å². The van der Waals surface area contributed by atoms with E-state index in [2.05, 4.69) is 5.32 Å². The second-order valence-corrected chi connectivity index (χ2v) is 7.12. The van der Waals surface area contributed by atoms with Crippen LogP contribution in [0.15, 0.2) is 0 Å². The summed E-state index contributed by atoms with van der Waals surface area (Å²) in [7, 11) is 0. The smallest absolute Gasteiger partial charge is 0.408 e. The van der Waals surface area contributed by atoms with Crippen molar-refractivity contribution in [3.05, 3.63) is 0 Å². The van der Waals surface area contributed by atoms with Crippen LogP contribution < -0.4 is 5.32 Å². The Bertz CT molecular complexity index is 332. The van der Waals surface area contributed by atoms with Gasteiger partial charge in [0.05, 0.1) is 6.04 Å². The Morgan fingerprint density at radius 2 is 1.61 bits per heavy atom. The number of amides is 1. The highest BCUT2D eigenvalue weighted by Gasteiger charge is 2.41. The first-order valence-corrected chi connectivity index (χ1v) is 6.54. The summed E-state index contributed by atoms with van der Waals surface area (Å²) in [5, 5.41) is 2.72. The molecule has 0 aromatic rings. The van der Waals surface area contributed by atoms with Gasteiger partial charge >= 0.3 is 6.09 Å². The number of hydrogen-bond acceptors (Lipinski definition) is 3. The van der Waals surface area contributed by atoms with Crippen molar-refractivity contribution in [1.29, 1.82) is 0 Å². The molecular formula is C14H25NO3. The molecular weight excluding hydrogens is 230 g/mol. The molecule has 0 saturated heterocycles. The fraction of sp³-hybridized carbons (Fsp3) is 0.857. The van der Waals surface area contributed by atoms with Gasteiger partial charge in [0.1, 0.15) is 5.60 Å². The first kappa shape index (κ1) is 15.0. The van der Waals surface area contributed by atoms with Crippen molar-refractivity contribution in [2.75, 3.05) is 0 Å². The summed E-state index contributed by atoms with van der Waals surface area (Å²) < 4.78 is 5.21. The van der Waals surface area contributed by atoms with Crippen molar-refractivity contribution in [2.45, 2.75) is 66.0 Å². The third kappa shape index (κ3) is 4.67. The van der Waals surface area contributed by atoms with E-state index in [4.69, 9.17) is 4.74 Å². The summed E-state index contributed by atoms with van der Waals surface area (Å²) in [4.78, 5) is 24.0. The minimum absolute atomic E-state index is 0.129. The first-order valence-electron chi connectivity index (χ1n) is 6.54. The minimum atomic E-state index is -0.546. The highest BCUT2D eigenvalue weighted by atomic mass is 16.6. The molecule has 1 N–H and O–H groups in total. The number of rotatable bonds is 3. The molecule has 18 heavy (non-hydrogen) atoms. The van der Waals surface area contributed by atoms with Gasteiger partial charge in [0.2, 0.25) is 0 Å². The maximum Gasteiger partial charge on any atom is 0.408 e. The lowest BCUT2D eigenvalue weighted by atomic mass is 9.83. The molecule has 0 heterocycles. The second-order valence-electron chi connectivity index (χ2n) is 7.12. The zero-order chi connectivity index (χ0) is 14.1. The largest absolute Gasteiger partial charge is 0.444 e. The third-order valence-corrected chi connectivity index (χ3v) is 2.79. The fourth-order valence-electron chi connectivity index (χ4n) is 1.74. The number of hydrogen-bond donors (Lipinski definition) is 1. The molecule has 1 saturated carbocycles. The summed E-state index contributed by atoms with van der Waals surface area (Å²) in [5.74, 6) is 0.262. The lowest BCUT2D eigenvalue weighted by Gasteiger charge is -2.31. The van der Waals surface area contributed by atoms with Crippen LogP contribution in [0.4, 0.5) is 4.79 Å². The number of ketones is 1. The van der Waals surface area contributed by atoms with E-state index in [0.717, 1.165) is 12.8 Å². The van der Waals surface area contributed by atoms with Crippen LogP contribution in [0.1, 0.15) is 54.4 Å². The van der Waals surface area contributed by atoms with Crippen molar-refractivity contribution in [3.8, 4) is 0 Å². The van der Waals surface area contributed by atoms with E-state index in [1.165, 1.54) is 0 Å². The highest BCUT2D eigenvalue weighted by Crippen LogP contribution is 2.34. The summed E-state index contributed by atoms with van der Waals surface area (Å²) in [6.07, 6.45) is 1.37. The summed E-state index contributed by atoms with van der Waals surface area (Å²) in [5.41, 5.74) is -0.842. The standard InChI is InChI=1S/C14H25NO3/c1-13(2,3)11(10(16)9-7-8-9)15-12(17)18-14(4,5)6/h9,11H,7-8H2,1-6H3,(H,15,17)/t11-/m0/s1. The molecule has 4 heteroatoms. The Kier molecular flexibility index (Phi) is 4.08. The van der Waals surface area contributed by atoms with Gasteiger partial charge in [-0.05, 0) is 39.0 Å². The summed E-state index contributed by atoms with van der Waals surface area (Å²) in [6.45, 7) is 11.3. The topological polar surface area (TPSA) is 55.4 Å². The van der Waals surface area contributed by atoms with Crippen LogP contribution in [0, 0.1) is 11.3 Å². The molecule has 0 radical (unpaired) electrons. The molecule has 0 aromatic carbocycles. The maximum absolute atomic E-state index is 12.2. The van der Waals surface area contributed by atoms with Crippen molar-refractivity contribution >= 4 is 11.9 Å². The molecule has 1 aliphatic rings. The number of ether oxygens (including phenoxy) is 1. The third-order valence-electron chi connectivity index (χ3n) is 2.79. The van der Waals surface area contributed by atoms with Crippen molar-refractivity contribution in [2.24, 2.45) is 11.3 Å². The van der Waals surface area contributed by atoms with E-state index in [1.54, 1.807) is 20.8 Å². The van der Waals surface area contributed by atoms with E-state index in [9.17, 15) is 9.59 Å². The molecule has 0 aliphatic heterocycles. The highest BCUT2D eigenvalue weighted by molar-refractivity contribution is 5.91. The molecule has 1 rings (SSSR count). The number of carbonyl (C=O) groups is 2. The van der Waals surface area contributed by atoms with Crippen molar-refractivity contribution in [3.63, 3.8) is 0 Å². The quantitative estimate of drug-likeness (QED) is 0.843. The molecule has 1 aliphatic carbocycles. The fourth-order valence-corrected chi connectivity index (χ4v) is 1.74. The van der Waals surface area contributed by atoms with Crippen LogP contribution in [0.5, 0.6) is 0 Å². The van der Waals surface area contributed by atoms with Crippen LogP contribution in [-0.2, 0) is 9.53 Å². The molecule has 1 fully saturated rings. The SMILES string of the molecule is CC(C)(C)OC(=O)N[C@@H](C(=O)C1CC1)C(C)(C)C. The van der Waals surface area contributed by atoms with E-state index in [0.29, 0.717) is 0 Å². The molecule has 0 spiro atoms. The molecule has 0 unspecified atom stereocenters. The zero-order valence-corrected chi connectivity index (χ0v) is 12.3. The Hall–Kier alpha value is -1.06. The number of alkyl carbamates (subject to hydrolysis) is 1. The van der Waals surface area contributed by atoms with E-state index >= 15 is 0 Å². The monoisotopic (exact) mass is 255 g/mol. The predicted molar refractivity (Wildman–Crippen MR) is 70.3 cm³/mol. The molecule has 4 nitrogen and oxygen atoms in total. The van der Waals surface area contributed by atoms with Crippen LogP contribution in [-0.4, -0.2) is 23.5 Å². The number of Topliss-reactive ketones (excluding diaryl/α,β-unsaturated/α-hetero) is 1. The summed E-state index contributed by atoms with van der Waals surface area (Å²) >= 11 is 0. The minimum Gasteiger partial charge on any atom is -0.444 e. The van der Waals surface area contributed by atoms with E-state index in [1.807, 2.05) is 20.8 Å². The number of carbonyl (C=O) groups excluding carboxylic acids is 2. The Balaban J connectivity index is 2.67. The van der Waals surface area contributed by atoms with Gasteiger partial charge in [-0.1, -0.05) is 20.8 Å². The van der Waals surface area contributed by atoms with Crippen LogP contribution >= 0.6 is 0 Å². The van der Waals surface area contributed by atoms with Gasteiger partial charge < -0.3 is 10.1 Å². The van der Waals surface area contributed by atoms with E-state index < -0.39 is 17.7 Å². The molecule has 0 aromatic heterocycles. The Morgan fingerprint density at radius 3 is 1.94 bits per heavy atom.